The van der Waals surface area contributed by atoms with E-state index in [-0.39, 0.29) is 7.92 Å². The van der Waals surface area contributed by atoms with Crippen LogP contribution in [0.3, 0.4) is 0 Å². The Kier molecular flexibility index (Phi) is 6.31. The van der Waals surface area contributed by atoms with Crippen molar-refractivity contribution in [2.45, 2.75) is 57.2 Å². The van der Waals surface area contributed by atoms with Gasteiger partial charge < -0.3 is 4.74 Å². The second-order valence-corrected chi connectivity index (χ2v) is 10.8. The van der Waals surface area contributed by atoms with Crippen LogP contribution in [0.5, 0.6) is 0 Å². The van der Waals surface area contributed by atoms with Crippen LogP contribution in [0.1, 0.15) is 45.4 Å². The maximum Gasteiger partial charge on any atom is 0.0577 e. The molecule has 2 aromatic carbocycles. The highest BCUT2D eigenvalue weighted by molar-refractivity contribution is 7.73. The zero-order chi connectivity index (χ0) is 18.6. The summed E-state index contributed by atoms with van der Waals surface area (Å²) in [7, 11) is 1.54. The average molecular weight is 381 g/mol. The van der Waals surface area contributed by atoms with E-state index in [1.165, 1.54) is 38.5 Å². The second kappa shape index (κ2) is 8.89. The molecule has 4 rings (SSSR count). The molecule has 2 aromatic rings. The molecule has 2 saturated carbocycles. The molecule has 0 radical (unpaired) electrons. The predicted octanol–water partition coefficient (Wildman–Crippen LogP) is 5.74. The number of hydrogen-bond acceptors (Lipinski definition) is 1. The van der Waals surface area contributed by atoms with Crippen LogP contribution in [0.25, 0.3) is 0 Å². The molecule has 2 fully saturated rings. The lowest BCUT2D eigenvalue weighted by Gasteiger charge is -2.38. The van der Waals surface area contributed by atoms with E-state index in [2.05, 4.69) is 67.6 Å². The fourth-order valence-corrected chi connectivity index (χ4v) is 9.21. The lowest BCUT2D eigenvalue weighted by Crippen LogP contribution is -2.36. The van der Waals surface area contributed by atoms with Gasteiger partial charge in [0.05, 0.1) is 6.10 Å². The van der Waals surface area contributed by atoms with Crippen LogP contribution in [-0.4, -0.2) is 18.9 Å². The van der Waals surface area contributed by atoms with Crippen molar-refractivity contribution in [3.8, 4) is 0 Å². The SMILES string of the molecule is COC(C)C1CCC(C2CCCC2)C1P(c1ccccc1)c1ccccc1. The van der Waals surface area contributed by atoms with Gasteiger partial charge in [-0.1, -0.05) is 86.3 Å². The van der Waals surface area contributed by atoms with Gasteiger partial charge in [0.1, 0.15) is 0 Å². The lowest BCUT2D eigenvalue weighted by molar-refractivity contribution is 0.0683. The van der Waals surface area contributed by atoms with E-state index in [0.717, 1.165) is 17.5 Å². The van der Waals surface area contributed by atoms with Gasteiger partial charge in [-0.05, 0) is 61.7 Å². The molecule has 4 unspecified atom stereocenters. The van der Waals surface area contributed by atoms with E-state index in [4.69, 9.17) is 4.74 Å². The zero-order valence-electron chi connectivity index (χ0n) is 16.8. The van der Waals surface area contributed by atoms with E-state index < -0.39 is 0 Å². The molecule has 0 amide bonds. The van der Waals surface area contributed by atoms with Crippen molar-refractivity contribution in [3.63, 3.8) is 0 Å². The number of rotatable bonds is 6. The number of ether oxygens (including phenoxy) is 1. The summed E-state index contributed by atoms with van der Waals surface area (Å²) >= 11 is 0. The fourth-order valence-electron chi connectivity index (χ4n) is 5.68. The summed E-state index contributed by atoms with van der Waals surface area (Å²) in [6.45, 7) is 2.30. The first-order valence-corrected chi connectivity index (χ1v) is 12.1. The standard InChI is InChI=1S/C25H33OP/c1-19(26-2)23-17-18-24(20-11-9-10-12-20)25(23)27(21-13-5-3-6-14-21)22-15-7-4-8-16-22/h3-8,13-16,19-20,23-25H,9-12,17-18H2,1-2H3. The third kappa shape index (κ3) is 4.01. The Labute approximate surface area is 166 Å². The van der Waals surface area contributed by atoms with Gasteiger partial charge in [-0.15, -0.1) is 0 Å². The van der Waals surface area contributed by atoms with Crippen molar-refractivity contribution < 1.29 is 4.74 Å². The van der Waals surface area contributed by atoms with Crippen molar-refractivity contribution in [3.05, 3.63) is 60.7 Å². The summed E-state index contributed by atoms with van der Waals surface area (Å²) in [6.07, 6.45) is 8.84. The van der Waals surface area contributed by atoms with Crippen molar-refractivity contribution in [2.75, 3.05) is 7.11 Å². The van der Waals surface area contributed by atoms with Gasteiger partial charge in [0.25, 0.3) is 0 Å². The van der Waals surface area contributed by atoms with Gasteiger partial charge >= 0.3 is 0 Å². The molecule has 144 valence electrons. The van der Waals surface area contributed by atoms with Crippen molar-refractivity contribution in [1.29, 1.82) is 0 Å². The van der Waals surface area contributed by atoms with E-state index in [1.807, 2.05) is 7.11 Å². The molecule has 2 aliphatic carbocycles. The minimum atomic E-state index is -0.365. The molecule has 2 aliphatic rings. The van der Waals surface area contributed by atoms with Gasteiger partial charge in [-0.25, -0.2) is 0 Å². The van der Waals surface area contributed by atoms with Gasteiger partial charge in [0, 0.05) is 7.11 Å². The summed E-state index contributed by atoms with van der Waals surface area (Å²) in [6, 6.07) is 22.7. The molecule has 4 atom stereocenters. The van der Waals surface area contributed by atoms with Crippen LogP contribution >= 0.6 is 7.92 Å². The van der Waals surface area contributed by atoms with Gasteiger partial charge in [-0.3, -0.25) is 0 Å². The molecule has 0 aliphatic heterocycles. The predicted molar refractivity (Wildman–Crippen MR) is 118 cm³/mol. The highest BCUT2D eigenvalue weighted by Gasteiger charge is 2.47. The largest absolute Gasteiger partial charge is 0.381 e. The van der Waals surface area contributed by atoms with Crippen molar-refractivity contribution >= 4 is 18.5 Å². The summed E-state index contributed by atoms with van der Waals surface area (Å²) < 4.78 is 5.91. The minimum Gasteiger partial charge on any atom is -0.381 e. The molecule has 27 heavy (non-hydrogen) atoms. The first kappa shape index (κ1) is 19.2. The Morgan fingerprint density at radius 1 is 0.815 bits per heavy atom. The van der Waals surface area contributed by atoms with E-state index in [9.17, 15) is 0 Å². The Balaban J connectivity index is 1.77. The molecule has 0 N–H and O–H groups in total. The number of benzene rings is 2. The van der Waals surface area contributed by atoms with E-state index in [1.54, 1.807) is 10.6 Å². The molecule has 0 spiro atoms. The zero-order valence-corrected chi connectivity index (χ0v) is 17.7. The number of hydrogen-bond donors (Lipinski definition) is 0. The van der Waals surface area contributed by atoms with Gasteiger partial charge in [-0.2, -0.15) is 0 Å². The third-order valence-electron chi connectivity index (χ3n) is 7.06. The van der Waals surface area contributed by atoms with Crippen LogP contribution < -0.4 is 10.6 Å². The number of methoxy groups -OCH3 is 1. The minimum absolute atomic E-state index is 0.346. The van der Waals surface area contributed by atoms with Crippen molar-refractivity contribution in [2.24, 2.45) is 17.8 Å². The smallest absolute Gasteiger partial charge is 0.0577 e. The summed E-state index contributed by atoms with van der Waals surface area (Å²) in [5.41, 5.74) is 0.739. The van der Waals surface area contributed by atoms with E-state index >= 15 is 0 Å². The quantitative estimate of drug-likeness (QED) is 0.581. The Bertz CT molecular complexity index is 655. The highest BCUT2D eigenvalue weighted by atomic mass is 31.1. The lowest BCUT2D eigenvalue weighted by atomic mass is 9.87. The normalized spacial score (nSPS) is 27.3. The molecule has 0 heterocycles. The maximum atomic E-state index is 5.91. The molecular formula is C25H33OP. The van der Waals surface area contributed by atoms with Crippen LogP contribution in [0.15, 0.2) is 60.7 Å². The highest BCUT2D eigenvalue weighted by Crippen LogP contribution is 2.57. The van der Waals surface area contributed by atoms with Crippen LogP contribution in [0, 0.1) is 17.8 Å². The van der Waals surface area contributed by atoms with Crippen molar-refractivity contribution in [1.82, 2.24) is 0 Å². The molecule has 0 aromatic heterocycles. The van der Waals surface area contributed by atoms with Crippen LogP contribution in [0.4, 0.5) is 0 Å². The third-order valence-corrected chi connectivity index (χ3v) is 10.1. The monoisotopic (exact) mass is 380 g/mol. The summed E-state index contributed by atoms with van der Waals surface area (Å²) in [4.78, 5) is 0. The summed E-state index contributed by atoms with van der Waals surface area (Å²) in [5.74, 6) is 2.47. The average Bonchev–Trinajstić information content (AvgIpc) is 3.39. The van der Waals surface area contributed by atoms with Gasteiger partial charge in [0.15, 0.2) is 0 Å². The van der Waals surface area contributed by atoms with E-state index in [0.29, 0.717) is 12.0 Å². The van der Waals surface area contributed by atoms with Crippen LogP contribution in [-0.2, 0) is 4.74 Å². The Morgan fingerprint density at radius 2 is 1.37 bits per heavy atom. The fraction of sp³-hybridized carbons (Fsp3) is 0.520. The van der Waals surface area contributed by atoms with Gasteiger partial charge in [0.2, 0.25) is 0 Å². The Morgan fingerprint density at radius 3 is 1.89 bits per heavy atom. The topological polar surface area (TPSA) is 9.23 Å². The molecule has 0 bridgehead atoms. The summed E-state index contributed by atoms with van der Waals surface area (Å²) in [5, 5.41) is 3.09. The maximum absolute atomic E-state index is 5.91. The first-order chi connectivity index (χ1) is 13.3. The second-order valence-electron chi connectivity index (χ2n) is 8.42. The first-order valence-electron chi connectivity index (χ1n) is 10.7. The molecule has 1 nitrogen and oxygen atoms in total. The molecule has 0 saturated heterocycles. The molecule has 2 heteroatoms. The molecular weight excluding hydrogens is 347 g/mol. The van der Waals surface area contributed by atoms with Crippen LogP contribution in [0.2, 0.25) is 0 Å². The Hall–Kier alpha value is -1.17.